The van der Waals surface area contributed by atoms with Crippen LogP contribution in [0.2, 0.25) is 0 Å². The number of rotatable bonds is 10. The van der Waals surface area contributed by atoms with Gasteiger partial charge in [-0.05, 0) is 48.0 Å². The van der Waals surface area contributed by atoms with E-state index < -0.39 is 10.0 Å². The second kappa shape index (κ2) is 10.8. The summed E-state index contributed by atoms with van der Waals surface area (Å²) in [5.41, 5.74) is 1.65. The number of sulfonamides is 1. The number of aromatic nitrogens is 2. The molecule has 0 unspecified atom stereocenters. The van der Waals surface area contributed by atoms with Crippen LogP contribution in [0.5, 0.6) is 0 Å². The van der Waals surface area contributed by atoms with Crippen LogP contribution in [0.25, 0.3) is 0 Å². The minimum atomic E-state index is -3.47. The molecule has 1 aromatic heterocycles. The molecule has 170 valence electrons. The first-order chi connectivity index (χ1) is 15.3. The van der Waals surface area contributed by atoms with Crippen LogP contribution in [0.1, 0.15) is 25.8 Å². The quantitative estimate of drug-likeness (QED) is 0.479. The minimum absolute atomic E-state index is 0.0993. The predicted octanol–water partition coefficient (Wildman–Crippen LogP) is 4.17. The number of benzene rings is 2. The van der Waals surface area contributed by atoms with E-state index in [-0.39, 0.29) is 10.8 Å². The number of nitrogens with one attached hydrogen (secondary N) is 1. The van der Waals surface area contributed by atoms with Crippen LogP contribution in [0.4, 0.5) is 5.69 Å². The fourth-order valence-corrected chi connectivity index (χ4v) is 5.57. The summed E-state index contributed by atoms with van der Waals surface area (Å²) in [5.74, 6) is -0.0993. The molecule has 9 heteroatoms. The lowest BCUT2D eigenvalue weighted by Crippen LogP contribution is -2.30. The van der Waals surface area contributed by atoms with Crippen molar-refractivity contribution in [1.82, 2.24) is 13.9 Å². The summed E-state index contributed by atoms with van der Waals surface area (Å²) in [6.45, 7) is 4.50. The molecule has 2 aromatic carbocycles. The third-order valence-corrected chi connectivity index (χ3v) is 8.26. The van der Waals surface area contributed by atoms with E-state index in [1.165, 1.54) is 16.1 Å². The molecule has 0 saturated heterocycles. The normalized spacial score (nSPS) is 11.6. The van der Waals surface area contributed by atoms with E-state index in [9.17, 15) is 13.2 Å². The Kier molecular flexibility index (Phi) is 8.11. The second-order valence-corrected chi connectivity index (χ2v) is 10.1. The minimum Gasteiger partial charge on any atom is -0.329 e. The van der Waals surface area contributed by atoms with E-state index in [0.717, 1.165) is 21.3 Å². The van der Waals surface area contributed by atoms with Crippen molar-refractivity contribution in [3.05, 3.63) is 66.5 Å². The van der Waals surface area contributed by atoms with Crippen LogP contribution in [0, 0.1) is 0 Å². The number of aryl methyl sites for hydroxylation is 2. The number of hydrogen-bond donors (Lipinski definition) is 1. The van der Waals surface area contributed by atoms with E-state index in [1.54, 1.807) is 30.5 Å². The molecule has 3 rings (SSSR count). The van der Waals surface area contributed by atoms with Gasteiger partial charge in [0.15, 0.2) is 5.16 Å². The summed E-state index contributed by atoms with van der Waals surface area (Å²) in [7, 11) is -1.55. The van der Waals surface area contributed by atoms with Crippen molar-refractivity contribution in [2.45, 2.75) is 41.6 Å². The zero-order chi connectivity index (χ0) is 23.1. The first-order valence-corrected chi connectivity index (χ1v) is 12.7. The standard InChI is InChI=1S/C23H28N4O3S2/c1-4-27(5-2)32(29,30)19-13-10-18(11-14-19)12-15-22(28)25-20-8-6-7-9-21(20)31-23-24-16-17-26(23)3/h6-11,13-14,16-17H,4-5,12,15H2,1-3H3,(H,25,28). The van der Waals surface area contributed by atoms with Gasteiger partial charge in [0.25, 0.3) is 0 Å². The Balaban J connectivity index is 1.61. The number of hydrogen-bond acceptors (Lipinski definition) is 5. The summed E-state index contributed by atoms with van der Waals surface area (Å²) < 4.78 is 28.5. The van der Waals surface area contributed by atoms with Crippen LogP contribution < -0.4 is 5.32 Å². The third kappa shape index (κ3) is 5.79. The predicted molar refractivity (Wildman–Crippen MR) is 127 cm³/mol. The topological polar surface area (TPSA) is 84.3 Å². The summed E-state index contributed by atoms with van der Waals surface area (Å²) in [6, 6.07) is 14.4. The lowest BCUT2D eigenvalue weighted by Gasteiger charge is -2.18. The molecule has 1 N–H and O–H groups in total. The molecule has 0 saturated carbocycles. The molecule has 32 heavy (non-hydrogen) atoms. The Morgan fingerprint density at radius 1 is 1.09 bits per heavy atom. The summed E-state index contributed by atoms with van der Waals surface area (Å²) >= 11 is 1.49. The lowest BCUT2D eigenvalue weighted by molar-refractivity contribution is -0.116. The van der Waals surface area contributed by atoms with E-state index in [2.05, 4.69) is 10.3 Å². The largest absolute Gasteiger partial charge is 0.329 e. The number of anilines is 1. The molecule has 0 aliphatic heterocycles. The smallest absolute Gasteiger partial charge is 0.243 e. The highest BCUT2D eigenvalue weighted by Crippen LogP contribution is 2.32. The van der Waals surface area contributed by atoms with Crippen LogP contribution >= 0.6 is 11.8 Å². The van der Waals surface area contributed by atoms with E-state index in [4.69, 9.17) is 0 Å². The molecule has 0 atom stereocenters. The molecule has 0 fully saturated rings. The Bertz CT molecular complexity index is 1150. The molecule has 1 amide bonds. The van der Waals surface area contributed by atoms with Gasteiger partial charge in [-0.3, -0.25) is 4.79 Å². The van der Waals surface area contributed by atoms with Gasteiger partial charge < -0.3 is 9.88 Å². The van der Waals surface area contributed by atoms with Gasteiger partial charge >= 0.3 is 0 Å². The molecule has 7 nitrogen and oxygen atoms in total. The Hall–Kier alpha value is -2.62. The average Bonchev–Trinajstić information content (AvgIpc) is 3.19. The number of carbonyl (C=O) groups excluding carboxylic acids is 1. The lowest BCUT2D eigenvalue weighted by atomic mass is 10.1. The van der Waals surface area contributed by atoms with E-state index in [0.29, 0.717) is 25.9 Å². The van der Waals surface area contributed by atoms with Crippen LogP contribution in [-0.4, -0.2) is 41.3 Å². The first-order valence-electron chi connectivity index (χ1n) is 10.5. The second-order valence-electron chi connectivity index (χ2n) is 7.20. The SMILES string of the molecule is CCN(CC)S(=O)(=O)c1ccc(CCC(=O)Nc2ccccc2Sc2nccn2C)cc1. The Morgan fingerprint density at radius 3 is 2.41 bits per heavy atom. The number of nitrogens with zero attached hydrogens (tertiary/aromatic N) is 3. The maximum atomic E-state index is 12.6. The average molecular weight is 473 g/mol. The van der Waals surface area contributed by atoms with Gasteiger partial charge in [0.05, 0.1) is 10.6 Å². The fourth-order valence-electron chi connectivity index (χ4n) is 3.22. The van der Waals surface area contributed by atoms with Gasteiger partial charge in [-0.15, -0.1) is 0 Å². The maximum Gasteiger partial charge on any atom is 0.243 e. The fraction of sp³-hybridized carbons (Fsp3) is 0.304. The highest BCUT2D eigenvalue weighted by molar-refractivity contribution is 7.99. The van der Waals surface area contributed by atoms with Gasteiger partial charge in [-0.2, -0.15) is 4.31 Å². The van der Waals surface area contributed by atoms with Gasteiger partial charge in [-0.25, -0.2) is 13.4 Å². The van der Waals surface area contributed by atoms with Crippen LogP contribution in [-0.2, 0) is 28.3 Å². The van der Waals surface area contributed by atoms with Crippen molar-refractivity contribution < 1.29 is 13.2 Å². The van der Waals surface area contributed by atoms with E-state index >= 15 is 0 Å². The van der Waals surface area contributed by atoms with Crippen molar-refractivity contribution in [3.63, 3.8) is 0 Å². The zero-order valence-corrected chi connectivity index (χ0v) is 20.1. The highest BCUT2D eigenvalue weighted by Gasteiger charge is 2.21. The highest BCUT2D eigenvalue weighted by atomic mass is 32.2. The van der Waals surface area contributed by atoms with Crippen molar-refractivity contribution in [3.8, 4) is 0 Å². The molecular weight excluding hydrogens is 444 g/mol. The Labute approximate surface area is 193 Å². The van der Waals surface area contributed by atoms with Crippen LogP contribution in [0.15, 0.2) is 75.9 Å². The van der Waals surface area contributed by atoms with Crippen LogP contribution in [0.3, 0.4) is 0 Å². The molecule has 1 heterocycles. The first kappa shape index (κ1) is 24.0. The molecule has 0 bridgehead atoms. The zero-order valence-electron chi connectivity index (χ0n) is 18.5. The molecule has 3 aromatic rings. The number of para-hydroxylation sites is 1. The molecule has 0 aliphatic rings. The van der Waals surface area contributed by atoms with Gasteiger partial charge in [0.1, 0.15) is 0 Å². The summed E-state index contributed by atoms with van der Waals surface area (Å²) in [5, 5.41) is 3.82. The molecule has 0 radical (unpaired) electrons. The van der Waals surface area contributed by atoms with Crippen molar-refractivity contribution in [2.75, 3.05) is 18.4 Å². The summed E-state index contributed by atoms with van der Waals surface area (Å²) in [4.78, 5) is 18.1. The van der Waals surface area contributed by atoms with E-state index in [1.807, 2.05) is 55.9 Å². The Morgan fingerprint density at radius 2 is 1.78 bits per heavy atom. The van der Waals surface area contributed by atoms with Gasteiger partial charge in [0, 0.05) is 43.8 Å². The maximum absolute atomic E-state index is 12.6. The third-order valence-electron chi connectivity index (χ3n) is 5.05. The number of imidazole rings is 1. The monoisotopic (exact) mass is 472 g/mol. The van der Waals surface area contributed by atoms with Gasteiger partial charge in [-0.1, -0.05) is 38.1 Å². The van der Waals surface area contributed by atoms with Crippen molar-refractivity contribution in [1.29, 1.82) is 0 Å². The molecular formula is C23H28N4O3S2. The van der Waals surface area contributed by atoms with Gasteiger partial charge in [0.2, 0.25) is 15.9 Å². The summed E-state index contributed by atoms with van der Waals surface area (Å²) in [6.07, 6.45) is 4.43. The molecule has 0 aliphatic carbocycles. The number of amides is 1. The van der Waals surface area contributed by atoms with Crippen molar-refractivity contribution in [2.24, 2.45) is 7.05 Å². The van der Waals surface area contributed by atoms with Crippen molar-refractivity contribution >= 4 is 33.4 Å². The molecule has 0 spiro atoms. The number of carbonyl (C=O) groups is 1.